The summed E-state index contributed by atoms with van der Waals surface area (Å²) in [6.45, 7) is 11.6. The van der Waals surface area contributed by atoms with E-state index in [1.807, 2.05) is 26.0 Å². The number of nitrogens with zero attached hydrogens (tertiary/aromatic N) is 1. The Morgan fingerprint density at radius 2 is 1.65 bits per heavy atom. The number of Topliss-reactive ketones (excluding diaryl/α,β-unsaturated/α-hetero) is 1. The van der Waals surface area contributed by atoms with Crippen molar-refractivity contribution in [1.29, 1.82) is 0 Å². The molecule has 3 rings (SSSR count). The van der Waals surface area contributed by atoms with Crippen molar-refractivity contribution in [3.05, 3.63) is 40.1 Å². The van der Waals surface area contributed by atoms with Crippen LogP contribution in [0.5, 0.6) is 0 Å². The number of ketones is 1. The van der Waals surface area contributed by atoms with Gasteiger partial charge in [0.2, 0.25) is 5.91 Å². The lowest BCUT2D eigenvalue weighted by atomic mass is 9.66. The number of carbonyl (C=O) groups excluding carboxylic acids is 4. The van der Waals surface area contributed by atoms with E-state index >= 15 is 0 Å². The lowest BCUT2D eigenvalue weighted by Crippen LogP contribution is -2.51. The number of aryl methyl sites for hydroxylation is 2. The van der Waals surface area contributed by atoms with Crippen LogP contribution in [-0.2, 0) is 19.1 Å². The highest BCUT2D eigenvalue weighted by Crippen LogP contribution is 2.48. The summed E-state index contributed by atoms with van der Waals surface area (Å²) in [6, 6.07) is 3.42. The molecular formula is C29H36N2O6. The van der Waals surface area contributed by atoms with Crippen LogP contribution in [0.3, 0.4) is 0 Å². The second kappa shape index (κ2) is 10.8. The highest BCUT2D eigenvalue weighted by Gasteiger charge is 2.45. The van der Waals surface area contributed by atoms with Crippen molar-refractivity contribution in [3.8, 4) is 11.8 Å². The van der Waals surface area contributed by atoms with E-state index in [-0.39, 0.29) is 18.1 Å². The third-order valence-electron chi connectivity index (χ3n) is 7.07. The van der Waals surface area contributed by atoms with Crippen LogP contribution in [0.4, 0.5) is 9.59 Å². The van der Waals surface area contributed by atoms with Crippen LogP contribution in [0, 0.1) is 36.5 Å². The first-order valence-corrected chi connectivity index (χ1v) is 12.5. The maximum Gasteiger partial charge on any atom is 0.513 e. The average Bonchev–Trinajstić information content (AvgIpc) is 2.80. The highest BCUT2D eigenvalue weighted by molar-refractivity contribution is 6.23. The largest absolute Gasteiger partial charge is 0.513 e. The van der Waals surface area contributed by atoms with Crippen LogP contribution in [0.1, 0.15) is 75.6 Å². The van der Waals surface area contributed by atoms with Gasteiger partial charge in [-0.05, 0) is 67.9 Å². The van der Waals surface area contributed by atoms with Gasteiger partial charge in [0.05, 0.1) is 12.7 Å². The first-order valence-electron chi connectivity index (χ1n) is 12.5. The van der Waals surface area contributed by atoms with Gasteiger partial charge < -0.3 is 14.4 Å². The number of hydrogen-bond donors (Lipinski definition) is 1. The monoisotopic (exact) mass is 508 g/mol. The predicted molar refractivity (Wildman–Crippen MR) is 139 cm³/mol. The number of methoxy groups -OCH3 is 1. The minimum atomic E-state index is -0.876. The zero-order chi connectivity index (χ0) is 27.5. The quantitative estimate of drug-likeness (QED) is 0.451. The molecule has 0 bridgehead atoms. The molecule has 3 amide bonds. The Hall–Kier alpha value is -3.60. The molecule has 0 saturated carbocycles. The van der Waals surface area contributed by atoms with Crippen LogP contribution in [0.25, 0.3) is 5.57 Å². The number of ether oxygens (including phenoxy) is 2. The van der Waals surface area contributed by atoms with Crippen molar-refractivity contribution in [2.75, 3.05) is 20.2 Å². The highest BCUT2D eigenvalue weighted by atomic mass is 16.7. The number of rotatable bonds is 2. The van der Waals surface area contributed by atoms with Gasteiger partial charge in [-0.2, -0.15) is 0 Å². The van der Waals surface area contributed by atoms with Gasteiger partial charge in [0.1, 0.15) is 5.76 Å². The number of benzene rings is 1. The zero-order valence-electron chi connectivity index (χ0n) is 22.8. The van der Waals surface area contributed by atoms with Gasteiger partial charge in [-0.15, -0.1) is 5.92 Å². The smallest absolute Gasteiger partial charge is 0.437 e. The minimum Gasteiger partial charge on any atom is -0.437 e. The molecule has 0 radical (unpaired) electrons. The molecule has 0 unspecified atom stereocenters. The normalized spacial score (nSPS) is 17.2. The van der Waals surface area contributed by atoms with E-state index in [2.05, 4.69) is 17.2 Å². The molecule has 1 aromatic carbocycles. The Morgan fingerprint density at radius 1 is 1.05 bits per heavy atom. The van der Waals surface area contributed by atoms with Crippen molar-refractivity contribution >= 4 is 29.5 Å². The molecule has 1 spiro atoms. The van der Waals surface area contributed by atoms with Crippen molar-refractivity contribution in [2.45, 2.75) is 67.2 Å². The fourth-order valence-electron chi connectivity index (χ4n) is 5.06. The van der Waals surface area contributed by atoms with Crippen LogP contribution < -0.4 is 5.32 Å². The Kier molecular flexibility index (Phi) is 8.16. The molecule has 198 valence electrons. The second-order valence-electron chi connectivity index (χ2n) is 11.0. The van der Waals surface area contributed by atoms with E-state index in [1.54, 1.807) is 32.6 Å². The van der Waals surface area contributed by atoms with E-state index in [1.165, 1.54) is 7.11 Å². The van der Waals surface area contributed by atoms with E-state index in [9.17, 15) is 19.2 Å². The van der Waals surface area contributed by atoms with Crippen LogP contribution in [0.15, 0.2) is 17.9 Å². The maximum atomic E-state index is 13.7. The number of piperidine rings is 1. The third kappa shape index (κ3) is 6.22. The van der Waals surface area contributed by atoms with Gasteiger partial charge >= 0.3 is 12.2 Å². The summed E-state index contributed by atoms with van der Waals surface area (Å²) in [6.07, 6.45) is 0.857. The number of likely N-dealkylation sites (tertiary alicyclic amines) is 1. The molecule has 1 aliphatic carbocycles. The summed E-state index contributed by atoms with van der Waals surface area (Å²) in [7, 11) is 1.23. The van der Waals surface area contributed by atoms with Gasteiger partial charge in [-0.1, -0.05) is 26.7 Å². The van der Waals surface area contributed by atoms with Crippen molar-refractivity contribution < 1.29 is 28.7 Å². The topological polar surface area (TPSA) is 102 Å². The molecule has 0 atom stereocenters. The maximum absolute atomic E-state index is 13.7. The summed E-state index contributed by atoms with van der Waals surface area (Å²) in [5.74, 6) is 5.79. The SMILES string of the molecule is CC#Cc1cc(C)c(C2=C(OC(=O)OC)CC3(CCN(C(=O)NC(=O)C(C)(C)C)CC3)CC2=O)c(C)c1. The summed E-state index contributed by atoms with van der Waals surface area (Å²) < 4.78 is 10.3. The van der Waals surface area contributed by atoms with Crippen molar-refractivity contribution in [1.82, 2.24) is 10.2 Å². The molecule has 1 aliphatic heterocycles. The second-order valence-corrected chi connectivity index (χ2v) is 11.0. The van der Waals surface area contributed by atoms with Gasteiger partial charge in [-0.25, -0.2) is 9.59 Å². The number of nitrogens with one attached hydrogen (secondary N) is 1. The number of urea groups is 1. The molecular weight excluding hydrogens is 472 g/mol. The number of carbonyl (C=O) groups is 4. The lowest BCUT2D eigenvalue weighted by Gasteiger charge is -2.44. The first kappa shape index (κ1) is 28.0. The summed E-state index contributed by atoms with van der Waals surface area (Å²) in [5.41, 5.74) is 2.62. The van der Waals surface area contributed by atoms with Gasteiger partial charge in [0.25, 0.3) is 0 Å². The molecule has 0 aromatic heterocycles. The van der Waals surface area contributed by atoms with Crippen LogP contribution in [-0.4, -0.2) is 49.0 Å². The number of imide groups is 1. The number of allylic oxidation sites excluding steroid dienone is 2. The van der Waals surface area contributed by atoms with Crippen molar-refractivity contribution in [3.63, 3.8) is 0 Å². The standard InChI is InChI=1S/C29H36N2O6/c1-8-9-20-14-18(2)23(19(3)15-20)24-21(32)16-29(17-22(24)37-27(35)36-7)10-12-31(13-11-29)26(34)30-25(33)28(4,5)6/h14-15H,10-13,16-17H2,1-7H3,(H,30,33,34). The molecule has 8 nitrogen and oxygen atoms in total. The van der Waals surface area contributed by atoms with Gasteiger partial charge in [0, 0.05) is 36.9 Å². The number of amides is 3. The lowest BCUT2D eigenvalue weighted by molar-refractivity contribution is -0.127. The van der Waals surface area contributed by atoms with Crippen molar-refractivity contribution in [2.24, 2.45) is 10.8 Å². The van der Waals surface area contributed by atoms with Gasteiger partial charge in [0.15, 0.2) is 5.78 Å². The molecule has 8 heteroatoms. The summed E-state index contributed by atoms with van der Waals surface area (Å²) in [4.78, 5) is 52.3. The third-order valence-corrected chi connectivity index (χ3v) is 7.07. The molecule has 37 heavy (non-hydrogen) atoms. The Labute approximate surface area is 218 Å². The fraction of sp³-hybridized carbons (Fsp3) is 0.517. The average molecular weight is 509 g/mol. The molecule has 1 N–H and O–H groups in total. The summed E-state index contributed by atoms with van der Waals surface area (Å²) in [5, 5.41) is 2.46. The van der Waals surface area contributed by atoms with E-state index in [0.29, 0.717) is 43.7 Å². The molecule has 1 aromatic rings. The minimum absolute atomic E-state index is 0.105. The number of hydrogen-bond acceptors (Lipinski definition) is 6. The predicted octanol–water partition coefficient (Wildman–Crippen LogP) is 4.90. The van der Waals surface area contributed by atoms with E-state index in [0.717, 1.165) is 22.3 Å². The summed E-state index contributed by atoms with van der Waals surface area (Å²) >= 11 is 0. The van der Waals surface area contributed by atoms with Crippen LogP contribution in [0.2, 0.25) is 0 Å². The first-order chi connectivity index (χ1) is 17.3. The zero-order valence-corrected chi connectivity index (χ0v) is 22.8. The molecule has 1 heterocycles. The Bertz CT molecular complexity index is 1190. The van der Waals surface area contributed by atoms with E-state index < -0.39 is 23.0 Å². The Balaban J connectivity index is 1.90. The Morgan fingerprint density at radius 3 is 2.16 bits per heavy atom. The van der Waals surface area contributed by atoms with E-state index in [4.69, 9.17) is 9.47 Å². The molecule has 2 aliphatic rings. The molecule has 1 saturated heterocycles. The fourth-order valence-corrected chi connectivity index (χ4v) is 5.06. The van der Waals surface area contributed by atoms with Gasteiger partial charge in [-0.3, -0.25) is 14.9 Å². The van der Waals surface area contributed by atoms with Crippen LogP contribution >= 0.6 is 0 Å². The molecule has 1 fully saturated rings.